The van der Waals surface area contributed by atoms with Crippen LogP contribution in [0.25, 0.3) is 22.2 Å². The quantitative estimate of drug-likeness (QED) is 0.618. The number of nitrogens with two attached hydrogens (primary N) is 1. The first-order valence-corrected chi connectivity index (χ1v) is 9.54. The molecule has 2 aromatic heterocycles. The van der Waals surface area contributed by atoms with E-state index < -0.39 is 0 Å². The number of benzene rings is 1. The predicted octanol–water partition coefficient (Wildman–Crippen LogP) is 5.40. The van der Waals surface area contributed by atoms with Crippen LogP contribution in [0.15, 0.2) is 42.7 Å². The van der Waals surface area contributed by atoms with Crippen LogP contribution in [-0.2, 0) is 0 Å². The van der Waals surface area contributed by atoms with Crippen molar-refractivity contribution in [2.24, 2.45) is 11.7 Å². The van der Waals surface area contributed by atoms with E-state index in [1.54, 1.807) is 12.4 Å². The highest BCUT2D eigenvalue weighted by Crippen LogP contribution is 2.30. The van der Waals surface area contributed by atoms with E-state index in [1.807, 2.05) is 45.0 Å². The van der Waals surface area contributed by atoms with E-state index >= 15 is 0 Å². The van der Waals surface area contributed by atoms with Gasteiger partial charge in [0.15, 0.2) is 0 Å². The Morgan fingerprint density at radius 3 is 2.67 bits per heavy atom. The molecule has 27 heavy (non-hydrogen) atoms. The summed E-state index contributed by atoms with van der Waals surface area (Å²) in [6.07, 6.45) is 4.49. The SMILES string of the molecule is Cc1cc(-c2ccnc3cc(Cl)ccc23)ncc1OCC(C)CC(C)(C)N. The number of pyridine rings is 2. The third-order valence-corrected chi connectivity index (χ3v) is 4.68. The molecule has 0 bridgehead atoms. The molecule has 1 aromatic carbocycles. The molecule has 142 valence electrons. The molecule has 0 spiro atoms. The molecular formula is C22H26ClN3O. The zero-order valence-corrected chi connectivity index (χ0v) is 17.0. The summed E-state index contributed by atoms with van der Waals surface area (Å²) in [5.74, 6) is 1.18. The summed E-state index contributed by atoms with van der Waals surface area (Å²) in [7, 11) is 0. The summed E-state index contributed by atoms with van der Waals surface area (Å²) in [5.41, 5.74) is 9.74. The third kappa shape index (κ3) is 4.96. The standard InChI is InChI=1S/C22H26ClN3O/c1-14(11-22(3,4)24)13-27-21-12-26-19(9-15(21)2)18-7-8-25-20-10-16(23)5-6-17(18)20/h5-10,12,14H,11,13,24H2,1-4H3. The molecule has 0 aliphatic rings. The summed E-state index contributed by atoms with van der Waals surface area (Å²) in [6, 6.07) is 9.75. The van der Waals surface area contributed by atoms with Crippen LogP contribution in [0.5, 0.6) is 5.75 Å². The smallest absolute Gasteiger partial charge is 0.140 e. The Kier molecular flexibility index (Phi) is 5.68. The molecule has 0 saturated heterocycles. The van der Waals surface area contributed by atoms with Gasteiger partial charge in [-0.3, -0.25) is 9.97 Å². The molecule has 0 fully saturated rings. The fourth-order valence-corrected chi connectivity index (χ4v) is 3.54. The molecular weight excluding hydrogens is 358 g/mol. The second-order valence-corrected chi connectivity index (χ2v) is 8.40. The van der Waals surface area contributed by atoms with Gasteiger partial charge in [0, 0.05) is 27.7 Å². The zero-order valence-electron chi connectivity index (χ0n) is 16.3. The van der Waals surface area contributed by atoms with Gasteiger partial charge in [0.1, 0.15) is 5.75 Å². The van der Waals surface area contributed by atoms with Crippen molar-refractivity contribution in [3.05, 3.63) is 53.3 Å². The maximum atomic E-state index is 6.09. The first-order chi connectivity index (χ1) is 12.7. The number of fused-ring (bicyclic) bond motifs is 1. The number of ether oxygens (including phenoxy) is 1. The first-order valence-electron chi connectivity index (χ1n) is 9.16. The second kappa shape index (κ2) is 7.83. The Labute approximate surface area is 165 Å². The van der Waals surface area contributed by atoms with Gasteiger partial charge in [0.25, 0.3) is 0 Å². The summed E-state index contributed by atoms with van der Waals surface area (Å²) < 4.78 is 5.99. The van der Waals surface area contributed by atoms with E-state index in [2.05, 4.69) is 23.0 Å². The molecule has 0 aliphatic carbocycles. The minimum atomic E-state index is -0.189. The Bertz CT molecular complexity index is 950. The van der Waals surface area contributed by atoms with E-state index in [-0.39, 0.29) is 5.54 Å². The van der Waals surface area contributed by atoms with Gasteiger partial charge in [0.2, 0.25) is 0 Å². The molecule has 3 aromatic rings. The molecule has 4 nitrogen and oxygen atoms in total. The van der Waals surface area contributed by atoms with Gasteiger partial charge in [-0.1, -0.05) is 24.6 Å². The summed E-state index contributed by atoms with van der Waals surface area (Å²) in [4.78, 5) is 9.02. The number of nitrogens with zero attached hydrogens (tertiary/aromatic N) is 2. The average molecular weight is 384 g/mol. The maximum absolute atomic E-state index is 6.09. The monoisotopic (exact) mass is 383 g/mol. The first kappa shape index (κ1) is 19.6. The summed E-state index contributed by atoms with van der Waals surface area (Å²) >= 11 is 6.08. The minimum absolute atomic E-state index is 0.189. The van der Waals surface area contributed by atoms with Gasteiger partial charge in [0.05, 0.1) is 24.0 Å². The van der Waals surface area contributed by atoms with Crippen molar-refractivity contribution in [3.63, 3.8) is 0 Å². The van der Waals surface area contributed by atoms with Gasteiger partial charge >= 0.3 is 0 Å². The fourth-order valence-electron chi connectivity index (χ4n) is 3.38. The number of aromatic nitrogens is 2. The van der Waals surface area contributed by atoms with Crippen molar-refractivity contribution in [2.45, 2.75) is 39.7 Å². The minimum Gasteiger partial charge on any atom is -0.491 e. The zero-order chi connectivity index (χ0) is 19.6. The van der Waals surface area contributed by atoms with Crippen LogP contribution >= 0.6 is 11.6 Å². The van der Waals surface area contributed by atoms with Crippen LogP contribution in [0, 0.1) is 12.8 Å². The summed E-state index contributed by atoms with van der Waals surface area (Å²) in [6.45, 7) is 8.89. The van der Waals surface area contributed by atoms with E-state index in [9.17, 15) is 0 Å². The predicted molar refractivity (Wildman–Crippen MR) is 112 cm³/mol. The van der Waals surface area contributed by atoms with Crippen LogP contribution < -0.4 is 10.5 Å². The lowest BCUT2D eigenvalue weighted by atomic mass is 9.93. The van der Waals surface area contributed by atoms with Crippen molar-refractivity contribution in [3.8, 4) is 17.0 Å². The normalized spacial score (nSPS) is 13.0. The topological polar surface area (TPSA) is 61.0 Å². The van der Waals surface area contributed by atoms with Crippen molar-refractivity contribution in [2.75, 3.05) is 6.61 Å². The maximum Gasteiger partial charge on any atom is 0.140 e. The molecule has 0 saturated carbocycles. The highest BCUT2D eigenvalue weighted by molar-refractivity contribution is 6.31. The van der Waals surface area contributed by atoms with Crippen LogP contribution in [0.3, 0.4) is 0 Å². The van der Waals surface area contributed by atoms with Crippen LogP contribution in [0.4, 0.5) is 0 Å². The van der Waals surface area contributed by atoms with Gasteiger partial charge in [-0.25, -0.2) is 0 Å². The molecule has 1 atom stereocenters. The van der Waals surface area contributed by atoms with E-state index in [0.717, 1.165) is 39.9 Å². The van der Waals surface area contributed by atoms with Gasteiger partial charge < -0.3 is 10.5 Å². The molecule has 2 heterocycles. The fraction of sp³-hybridized carbons (Fsp3) is 0.364. The van der Waals surface area contributed by atoms with Crippen molar-refractivity contribution in [1.82, 2.24) is 9.97 Å². The largest absolute Gasteiger partial charge is 0.491 e. The van der Waals surface area contributed by atoms with E-state index in [4.69, 9.17) is 22.1 Å². The molecule has 5 heteroatoms. The Hall–Kier alpha value is -2.17. The Balaban J connectivity index is 1.81. The summed E-state index contributed by atoms with van der Waals surface area (Å²) in [5, 5.41) is 1.70. The van der Waals surface area contributed by atoms with Crippen molar-refractivity contribution in [1.29, 1.82) is 0 Å². The van der Waals surface area contributed by atoms with Gasteiger partial charge in [-0.15, -0.1) is 0 Å². The molecule has 0 amide bonds. The molecule has 3 rings (SSSR count). The Morgan fingerprint density at radius 2 is 1.96 bits per heavy atom. The van der Waals surface area contributed by atoms with Crippen LogP contribution in [-0.4, -0.2) is 22.1 Å². The number of hydrogen-bond acceptors (Lipinski definition) is 4. The van der Waals surface area contributed by atoms with Crippen LogP contribution in [0.1, 0.15) is 32.8 Å². The molecule has 0 radical (unpaired) electrons. The lowest BCUT2D eigenvalue weighted by molar-refractivity contribution is 0.227. The lowest BCUT2D eigenvalue weighted by Crippen LogP contribution is -2.35. The van der Waals surface area contributed by atoms with Crippen molar-refractivity contribution < 1.29 is 4.74 Å². The van der Waals surface area contributed by atoms with Crippen molar-refractivity contribution >= 4 is 22.5 Å². The third-order valence-electron chi connectivity index (χ3n) is 4.44. The number of aryl methyl sites for hydroxylation is 1. The van der Waals surface area contributed by atoms with Gasteiger partial charge in [-0.05, 0) is 62.9 Å². The van der Waals surface area contributed by atoms with Crippen LogP contribution in [0.2, 0.25) is 5.02 Å². The molecule has 2 N–H and O–H groups in total. The molecule has 1 unspecified atom stereocenters. The lowest BCUT2D eigenvalue weighted by Gasteiger charge is -2.23. The van der Waals surface area contributed by atoms with E-state index in [0.29, 0.717) is 17.5 Å². The molecule has 0 aliphatic heterocycles. The Morgan fingerprint density at radius 1 is 1.19 bits per heavy atom. The second-order valence-electron chi connectivity index (χ2n) is 7.96. The highest BCUT2D eigenvalue weighted by atomic mass is 35.5. The number of rotatable bonds is 6. The van der Waals surface area contributed by atoms with E-state index in [1.165, 1.54) is 0 Å². The number of hydrogen-bond donors (Lipinski definition) is 1. The highest BCUT2D eigenvalue weighted by Gasteiger charge is 2.17. The van der Waals surface area contributed by atoms with Gasteiger partial charge in [-0.2, -0.15) is 0 Å². The number of halogens is 1. The average Bonchev–Trinajstić information content (AvgIpc) is 2.58.